The number of aryl methyl sites for hydroxylation is 1. The van der Waals surface area contributed by atoms with Gasteiger partial charge in [-0.3, -0.25) is 0 Å². The molecule has 0 aliphatic heterocycles. The molecule has 1 rings (SSSR count). The van der Waals surface area contributed by atoms with Crippen molar-refractivity contribution in [3.63, 3.8) is 0 Å². The minimum Gasteiger partial charge on any atom is -0.302 e. The topological polar surface area (TPSA) is 3.24 Å². The highest BCUT2D eigenvalue weighted by molar-refractivity contribution is 5.21. The van der Waals surface area contributed by atoms with Crippen molar-refractivity contribution in [1.82, 2.24) is 4.90 Å². The first-order valence-corrected chi connectivity index (χ1v) is 4.96. The molecule has 0 aliphatic rings. The van der Waals surface area contributed by atoms with Gasteiger partial charge in [0.1, 0.15) is 0 Å². The summed E-state index contributed by atoms with van der Waals surface area (Å²) in [6.07, 6.45) is 1.22. The van der Waals surface area contributed by atoms with Crippen molar-refractivity contribution >= 4 is 0 Å². The van der Waals surface area contributed by atoms with Gasteiger partial charge < -0.3 is 4.90 Å². The van der Waals surface area contributed by atoms with Crippen LogP contribution in [0.5, 0.6) is 0 Å². The Morgan fingerprint density at radius 2 is 1.77 bits per heavy atom. The molecule has 0 atom stereocenters. The van der Waals surface area contributed by atoms with Gasteiger partial charge in [0, 0.05) is 6.54 Å². The Balaban J connectivity index is 2.49. The predicted molar refractivity (Wildman–Crippen MR) is 57.8 cm³/mol. The van der Waals surface area contributed by atoms with Crippen LogP contribution in [-0.2, 0) is 6.54 Å². The molecule has 0 aromatic heterocycles. The Morgan fingerprint density at radius 3 is 2.31 bits per heavy atom. The van der Waals surface area contributed by atoms with Crippen molar-refractivity contribution in [2.45, 2.75) is 26.8 Å². The van der Waals surface area contributed by atoms with Crippen LogP contribution < -0.4 is 0 Å². The van der Waals surface area contributed by atoms with E-state index in [2.05, 4.69) is 50.1 Å². The number of hydrogen-bond donors (Lipinski definition) is 0. The number of benzene rings is 1. The summed E-state index contributed by atoms with van der Waals surface area (Å²) in [6.45, 7) is 6.58. The van der Waals surface area contributed by atoms with E-state index in [9.17, 15) is 0 Å². The maximum atomic E-state index is 2.35. The second-order valence-corrected chi connectivity index (χ2v) is 3.72. The van der Waals surface area contributed by atoms with Gasteiger partial charge in [-0.2, -0.15) is 0 Å². The van der Waals surface area contributed by atoms with E-state index in [1.807, 2.05) is 0 Å². The summed E-state index contributed by atoms with van der Waals surface area (Å²) in [5, 5.41) is 0. The Labute approximate surface area is 81.4 Å². The van der Waals surface area contributed by atoms with Gasteiger partial charge in [-0.05, 0) is 32.5 Å². The fraction of sp³-hybridized carbons (Fsp3) is 0.500. The third-order valence-electron chi connectivity index (χ3n) is 2.18. The summed E-state index contributed by atoms with van der Waals surface area (Å²) in [4.78, 5) is 2.35. The molecule has 0 unspecified atom stereocenters. The van der Waals surface area contributed by atoms with Crippen LogP contribution in [0.3, 0.4) is 0 Å². The zero-order chi connectivity index (χ0) is 9.68. The quantitative estimate of drug-likeness (QED) is 0.683. The molecule has 1 aromatic rings. The molecule has 72 valence electrons. The van der Waals surface area contributed by atoms with Crippen LogP contribution in [0.1, 0.15) is 24.5 Å². The van der Waals surface area contributed by atoms with E-state index in [-0.39, 0.29) is 0 Å². The molecule has 1 heteroatoms. The van der Waals surface area contributed by atoms with Crippen LogP contribution in [0.4, 0.5) is 0 Å². The van der Waals surface area contributed by atoms with Crippen LogP contribution in [0.15, 0.2) is 24.3 Å². The summed E-state index contributed by atoms with van der Waals surface area (Å²) in [7, 11) is 2.17. The fourth-order valence-corrected chi connectivity index (χ4v) is 1.47. The van der Waals surface area contributed by atoms with Gasteiger partial charge in [0.15, 0.2) is 0 Å². The van der Waals surface area contributed by atoms with E-state index in [1.54, 1.807) is 0 Å². The van der Waals surface area contributed by atoms with Crippen molar-refractivity contribution in [2.75, 3.05) is 13.6 Å². The largest absolute Gasteiger partial charge is 0.302 e. The highest BCUT2D eigenvalue weighted by Crippen LogP contribution is 2.05. The van der Waals surface area contributed by atoms with Crippen LogP contribution in [0.25, 0.3) is 0 Å². The lowest BCUT2D eigenvalue weighted by molar-refractivity contribution is 0.327. The van der Waals surface area contributed by atoms with Crippen molar-refractivity contribution in [2.24, 2.45) is 0 Å². The fourth-order valence-electron chi connectivity index (χ4n) is 1.47. The predicted octanol–water partition coefficient (Wildman–Crippen LogP) is 2.84. The highest BCUT2D eigenvalue weighted by Gasteiger charge is 1.97. The second-order valence-electron chi connectivity index (χ2n) is 3.72. The Hall–Kier alpha value is -0.820. The van der Waals surface area contributed by atoms with E-state index in [0.29, 0.717) is 0 Å². The second kappa shape index (κ2) is 5.03. The van der Waals surface area contributed by atoms with Gasteiger partial charge in [-0.25, -0.2) is 0 Å². The Morgan fingerprint density at radius 1 is 1.15 bits per heavy atom. The molecule has 0 N–H and O–H groups in total. The molecule has 0 radical (unpaired) electrons. The van der Waals surface area contributed by atoms with E-state index < -0.39 is 0 Å². The van der Waals surface area contributed by atoms with Crippen LogP contribution in [-0.4, -0.2) is 18.5 Å². The number of hydrogen-bond acceptors (Lipinski definition) is 1. The first kappa shape index (κ1) is 10.3. The average molecular weight is 177 g/mol. The van der Waals surface area contributed by atoms with Gasteiger partial charge in [-0.1, -0.05) is 36.8 Å². The Kier molecular flexibility index (Phi) is 3.97. The molecule has 0 saturated heterocycles. The monoisotopic (exact) mass is 177 g/mol. The summed E-state index contributed by atoms with van der Waals surface area (Å²) in [5.41, 5.74) is 2.74. The van der Waals surface area contributed by atoms with Gasteiger partial charge in [0.05, 0.1) is 0 Å². The normalized spacial score (nSPS) is 10.8. The third-order valence-corrected chi connectivity index (χ3v) is 2.18. The van der Waals surface area contributed by atoms with Crippen LogP contribution in [0.2, 0.25) is 0 Å². The first-order valence-electron chi connectivity index (χ1n) is 4.96. The van der Waals surface area contributed by atoms with Gasteiger partial charge in [0.2, 0.25) is 0 Å². The molecular formula is C12H19N. The van der Waals surface area contributed by atoms with Crippen LogP contribution >= 0.6 is 0 Å². The zero-order valence-corrected chi connectivity index (χ0v) is 8.88. The van der Waals surface area contributed by atoms with Crippen LogP contribution in [0, 0.1) is 6.92 Å². The third kappa shape index (κ3) is 3.60. The first-order chi connectivity index (χ1) is 6.22. The SMILES string of the molecule is CCCN(C)Cc1ccc(C)cc1. The molecule has 0 bridgehead atoms. The summed E-state index contributed by atoms with van der Waals surface area (Å²) in [6, 6.07) is 8.77. The molecule has 0 fully saturated rings. The number of nitrogens with zero attached hydrogens (tertiary/aromatic N) is 1. The Bertz CT molecular complexity index is 238. The maximum Gasteiger partial charge on any atom is 0.0230 e. The lowest BCUT2D eigenvalue weighted by Gasteiger charge is -2.15. The number of rotatable bonds is 4. The highest BCUT2D eigenvalue weighted by atomic mass is 15.1. The molecule has 0 aliphatic carbocycles. The standard InChI is InChI=1S/C12H19N/c1-4-9-13(3)10-12-7-5-11(2)6-8-12/h5-8H,4,9-10H2,1-3H3. The van der Waals surface area contributed by atoms with Gasteiger partial charge in [0.25, 0.3) is 0 Å². The van der Waals surface area contributed by atoms with Crippen molar-refractivity contribution < 1.29 is 0 Å². The lowest BCUT2D eigenvalue weighted by atomic mass is 10.1. The van der Waals surface area contributed by atoms with E-state index >= 15 is 0 Å². The van der Waals surface area contributed by atoms with E-state index in [1.165, 1.54) is 24.1 Å². The minimum atomic E-state index is 1.06. The molecule has 1 aromatic carbocycles. The van der Waals surface area contributed by atoms with Crippen molar-refractivity contribution in [3.8, 4) is 0 Å². The molecule has 13 heavy (non-hydrogen) atoms. The molecule has 0 saturated carbocycles. The summed E-state index contributed by atoms with van der Waals surface area (Å²) < 4.78 is 0. The smallest absolute Gasteiger partial charge is 0.0230 e. The van der Waals surface area contributed by atoms with E-state index in [0.717, 1.165) is 6.54 Å². The average Bonchev–Trinajstić information content (AvgIpc) is 2.09. The van der Waals surface area contributed by atoms with Crippen molar-refractivity contribution in [3.05, 3.63) is 35.4 Å². The summed E-state index contributed by atoms with van der Waals surface area (Å²) in [5.74, 6) is 0. The zero-order valence-electron chi connectivity index (χ0n) is 8.88. The van der Waals surface area contributed by atoms with E-state index in [4.69, 9.17) is 0 Å². The molecule has 0 spiro atoms. The molecule has 0 amide bonds. The van der Waals surface area contributed by atoms with Gasteiger partial charge >= 0.3 is 0 Å². The minimum absolute atomic E-state index is 1.06. The summed E-state index contributed by atoms with van der Waals surface area (Å²) >= 11 is 0. The lowest BCUT2D eigenvalue weighted by Crippen LogP contribution is -2.18. The molecular weight excluding hydrogens is 158 g/mol. The van der Waals surface area contributed by atoms with Gasteiger partial charge in [-0.15, -0.1) is 0 Å². The molecule has 1 nitrogen and oxygen atoms in total. The maximum absolute atomic E-state index is 2.35. The molecule has 0 heterocycles. The van der Waals surface area contributed by atoms with Crippen molar-refractivity contribution in [1.29, 1.82) is 0 Å².